The van der Waals surface area contributed by atoms with Gasteiger partial charge >= 0.3 is 0 Å². The van der Waals surface area contributed by atoms with Crippen LogP contribution in [0.3, 0.4) is 0 Å². The molecular weight excluding hydrogens is 894 g/mol. The van der Waals surface area contributed by atoms with Gasteiger partial charge in [-0.15, -0.1) is 0 Å². The Bertz CT molecular complexity index is 3460. The molecule has 0 spiro atoms. The number of para-hydroxylation sites is 1. The van der Waals surface area contributed by atoms with E-state index in [1.165, 1.54) is 94.4 Å². The minimum atomic E-state index is -0.0592. The molecule has 0 saturated heterocycles. The van der Waals surface area contributed by atoms with Crippen molar-refractivity contribution in [3.05, 3.63) is 215 Å². The molecule has 0 bridgehead atoms. The molecule has 2 aliphatic heterocycles. The summed E-state index contributed by atoms with van der Waals surface area (Å²) in [6, 6.07) is 70.2. The Labute approximate surface area is 442 Å². The number of hydrogen-bond acceptors (Lipinski definition) is 3. The highest BCUT2D eigenvalue weighted by Gasteiger charge is 2.45. The van der Waals surface area contributed by atoms with Crippen LogP contribution in [0.1, 0.15) is 116 Å². The fourth-order valence-electron chi connectivity index (χ4n) is 11.6. The molecule has 2 aliphatic rings. The van der Waals surface area contributed by atoms with Crippen molar-refractivity contribution in [2.24, 2.45) is 0 Å². The maximum absolute atomic E-state index is 2.58. The lowest BCUT2D eigenvalue weighted by molar-refractivity contribution is 0.590. The molecule has 11 rings (SSSR count). The van der Waals surface area contributed by atoms with Crippen molar-refractivity contribution in [3.63, 3.8) is 0 Å². The van der Waals surface area contributed by atoms with E-state index >= 15 is 0 Å². The lowest BCUT2D eigenvalue weighted by Crippen LogP contribution is -2.61. The maximum atomic E-state index is 2.58. The van der Waals surface area contributed by atoms with Gasteiger partial charge in [-0.3, -0.25) is 0 Å². The molecule has 9 aromatic rings. The van der Waals surface area contributed by atoms with Crippen molar-refractivity contribution < 1.29 is 0 Å². The average Bonchev–Trinajstić information content (AvgIpc) is 3.35. The topological polar surface area (TPSA) is 9.72 Å². The van der Waals surface area contributed by atoms with Crippen LogP contribution in [-0.2, 0) is 21.7 Å². The number of anilines is 9. The molecular formula is C70H72BN3. The van der Waals surface area contributed by atoms with Crippen molar-refractivity contribution in [2.45, 2.75) is 119 Å². The van der Waals surface area contributed by atoms with Crippen LogP contribution in [0.15, 0.2) is 182 Å². The summed E-state index contributed by atoms with van der Waals surface area (Å²) in [5.41, 5.74) is 24.4. The standard InChI is InChI=1S/C70H72BN3/c1-45-37-46(2)39-49(38-45)58-21-17-18-22-61(58)72(56-30-23-47-19-15-16-20-48(47)40-56)57-43-64-66-65(44-57)74(55-33-26-51(27-34-55)68(6,7)8)63-36-29-53(70(12,13)14)42-60(63)71(66)59-41-52(69(9,10)11)28-35-62(59)73(64)54-31-24-50(25-32-54)67(3,4)5/h15-44H,1-14H3. The van der Waals surface area contributed by atoms with E-state index in [1.807, 2.05) is 0 Å². The van der Waals surface area contributed by atoms with Crippen LogP contribution in [-0.4, -0.2) is 6.71 Å². The normalized spacial score (nSPS) is 13.5. The van der Waals surface area contributed by atoms with Crippen molar-refractivity contribution >= 4 is 85.1 Å². The van der Waals surface area contributed by atoms with E-state index in [0.29, 0.717) is 0 Å². The van der Waals surface area contributed by atoms with E-state index in [9.17, 15) is 0 Å². The first-order valence-electron chi connectivity index (χ1n) is 26.8. The zero-order valence-corrected chi connectivity index (χ0v) is 46.2. The van der Waals surface area contributed by atoms with Gasteiger partial charge in [0.2, 0.25) is 0 Å². The Hall–Kier alpha value is -7.30. The third-order valence-electron chi connectivity index (χ3n) is 15.7. The van der Waals surface area contributed by atoms with Gasteiger partial charge in [0, 0.05) is 45.4 Å². The second kappa shape index (κ2) is 17.7. The van der Waals surface area contributed by atoms with Crippen molar-refractivity contribution in [3.8, 4) is 11.1 Å². The van der Waals surface area contributed by atoms with Crippen LogP contribution in [0.2, 0.25) is 0 Å². The number of aryl methyl sites for hydroxylation is 2. The zero-order chi connectivity index (χ0) is 52.2. The summed E-state index contributed by atoms with van der Waals surface area (Å²) in [6.07, 6.45) is 0. The summed E-state index contributed by atoms with van der Waals surface area (Å²) in [4.78, 5) is 7.70. The Kier molecular flexibility index (Phi) is 11.7. The van der Waals surface area contributed by atoms with Gasteiger partial charge in [0.1, 0.15) is 0 Å². The monoisotopic (exact) mass is 966 g/mol. The SMILES string of the molecule is Cc1cc(C)cc(-c2ccccc2N(c2cc3c4c(c2)N(c2ccc(C(C)(C)C)cc2)c2ccc(C(C)(C)C)cc2B4c2cc(C(C)(C)C)ccc2N3c2ccc(C(C)(C)C)cc2)c2ccc3ccccc3c2)c1. The predicted octanol–water partition coefficient (Wildman–Crippen LogP) is 17.9. The first kappa shape index (κ1) is 48.9. The minimum Gasteiger partial charge on any atom is -0.311 e. The molecule has 0 N–H and O–H groups in total. The van der Waals surface area contributed by atoms with Crippen molar-refractivity contribution in [1.29, 1.82) is 0 Å². The molecule has 4 heteroatoms. The summed E-state index contributed by atoms with van der Waals surface area (Å²) in [7, 11) is 0. The molecule has 0 aromatic heterocycles. The first-order chi connectivity index (χ1) is 35.0. The molecule has 0 radical (unpaired) electrons. The number of fused-ring (bicyclic) bond motifs is 5. The van der Waals surface area contributed by atoms with Crippen molar-refractivity contribution in [1.82, 2.24) is 0 Å². The molecule has 2 heterocycles. The maximum Gasteiger partial charge on any atom is 0.252 e. The van der Waals surface area contributed by atoms with Gasteiger partial charge in [-0.2, -0.15) is 0 Å². The largest absolute Gasteiger partial charge is 0.311 e. The Morgan fingerprint density at radius 3 is 1.30 bits per heavy atom. The lowest BCUT2D eigenvalue weighted by Gasteiger charge is -2.45. The summed E-state index contributed by atoms with van der Waals surface area (Å²) in [5, 5.41) is 2.42. The Morgan fingerprint density at radius 1 is 0.365 bits per heavy atom. The third-order valence-corrected chi connectivity index (χ3v) is 15.7. The molecule has 0 amide bonds. The van der Waals surface area contributed by atoms with Gasteiger partial charge in [-0.1, -0.05) is 209 Å². The van der Waals surface area contributed by atoms with Gasteiger partial charge in [0.05, 0.1) is 11.4 Å². The van der Waals surface area contributed by atoms with Gasteiger partial charge in [0.25, 0.3) is 6.71 Å². The minimum absolute atomic E-state index is 0.00517. The lowest BCUT2D eigenvalue weighted by atomic mass is 9.33. The second-order valence-electron chi connectivity index (χ2n) is 25.4. The van der Waals surface area contributed by atoms with E-state index in [-0.39, 0.29) is 28.4 Å². The molecule has 370 valence electrons. The van der Waals surface area contributed by atoms with Gasteiger partial charge in [-0.05, 0) is 157 Å². The highest BCUT2D eigenvalue weighted by atomic mass is 15.2. The number of nitrogens with zero attached hydrogens (tertiary/aromatic N) is 3. The highest BCUT2D eigenvalue weighted by Crippen LogP contribution is 2.50. The summed E-state index contributed by atoms with van der Waals surface area (Å²) < 4.78 is 0. The van der Waals surface area contributed by atoms with E-state index in [2.05, 4.69) is 294 Å². The predicted molar refractivity (Wildman–Crippen MR) is 322 cm³/mol. The summed E-state index contributed by atoms with van der Waals surface area (Å²) in [5.74, 6) is 0. The van der Waals surface area contributed by atoms with Crippen LogP contribution >= 0.6 is 0 Å². The Balaban J connectivity index is 1.29. The highest BCUT2D eigenvalue weighted by molar-refractivity contribution is 7.00. The smallest absolute Gasteiger partial charge is 0.252 e. The van der Waals surface area contributed by atoms with E-state index in [1.54, 1.807) is 0 Å². The summed E-state index contributed by atoms with van der Waals surface area (Å²) >= 11 is 0. The number of hydrogen-bond donors (Lipinski definition) is 0. The van der Waals surface area contributed by atoms with Crippen LogP contribution in [0, 0.1) is 13.8 Å². The van der Waals surface area contributed by atoms with E-state index in [4.69, 9.17) is 0 Å². The average molecular weight is 966 g/mol. The van der Waals surface area contributed by atoms with Gasteiger partial charge in [0.15, 0.2) is 0 Å². The fourth-order valence-corrected chi connectivity index (χ4v) is 11.6. The molecule has 9 aromatic carbocycles. The van der Waals surface area contributed by atoms with E-state index in [0.717, 1.165) is 28.4 Å². The van der Waals surface area contributed by atoms with Crippen molar-refractivity contribution in [2.75, 3.05) is 14.7 Å². The number of rotatable bonds is 6. The van der Waals surface area contributed by atoms with Gasteiger partial charge in [-0.25, -0.2) is 0 Å². The molecule has 0 fully saturated rings. The van der Waals surface area contributed by atoms with Crippen LogP contribution in [0.5, 0.6) is 0 Å². The van der Waals surface area contributed by atoms with Crippen LogP contribution in [0.4, 0.5) is 51.2 Å². The fraction of sp³-hybridized carbons (Fsp3) is 0.257. The second-order valence-corrected chi connectivity index (χ2v) is 25.4. The number of benzene rings is 9. The van der Waals surface area contributed by atoms with Crippen LogP contribution in [0.25, 0.3) is 21.9 Å². The molecule has 0 saturated carbocycles. The molecule has 0 aliphatic carbocycles. The first-order valence-corrected chi connectivity index (χ1v) is 26.8. The quantitative estimate of drug-likeness (QED) is 0.154. The van der Waals surface area contributed by atoms with Crippen LogP contribution < -0.4 is 31.1 Å². The molecule has 74 heavy (non-hydrogen) atoms. The summed E-state index contributed by atoms with van der Waals surface area (Å²) in [6.45, 7) is 32.3. The zero-order valence-electron chi connectivity index (χ0n) is 46.2. The molecule has 3 nitrogen and oxygen atoms in total. The molecule has 0 atom stereocenters. The third kappa shape index (κ3) is 8.70. The van der Waals surface area contributed by atoms with E-state index < -0.39 is 0 Å². The Morgan fingerprint density at radius 2 is 0.811 bits per heavy atom. The van der Waals surface area contributed by atoms with Gasteiger partial charge < -0.3 is 14.7 Å². The molecule has 0 unspecified atom stereocenters.